The van der Waals surface area contributed by atoms with Crippen molar-refractivity contribution in [2.24, 2.45) is 4.99 Å². The summed E-state index contributed by atoms with van der Waals surface area (Å²) in [4.78, 5) is 5.18. The van der Waals surface area contributed by atoms with Crippen LogP contribution in [0, 0.1) is 0 Å². The molecule has 0 saturated carbocycles. The van der Waals surface area contributed by atoms with Gasteiger partial charge < -0.3 is 0 Å². The van der Waals surface area contributed by atoms with Crippen LogP contribution in [0.5, 0.6) is 0 Å². The third-order valence-corrected chi connectivity index (χ3v) is 8.90. The zero-order valence-corrected chi connectivity index (χ0v) is 22.4. The molecule has 7 aromatic rings. The summed E-state index contributed by atoms with van der Waals surface area (Å²) in [5.74, 6) is 0.136. The Kier molecular flexibility index (Phi) is 4.73. The minimum atomic E-state index is 0.136. The van der Waals surface area contributed by atoms with Crippen LogP contribution >= 0.6 is 0 Å². The predicted octanol–water partition coefficient (Wildman–Crippen LogP) is 10.6. The van der Waals surface area contributed by atoms with Crippen molar-refractivity contribution < 1.29 is 0 Å². The minimum absolute atomic E-state index is 0.136. The number of benzene rings is 7. The summed E-state index contributed by atoms with van der Waals surface area (Å²) >= 11 is 0. The number of nitrogens with zero attached hydrogens (tertiary/aromatic N) is 1. The van der Waals surface area contributed by atoms with Gasteiger partial charge in [0.15, 0.2) is 0 Å². The van der Waals surface area contributed by atoms with Gasteiger partial charge >= 0.3 is 0 Å². The molecule has 0 radical (unpaired) electrons. The van der Waals surface area contributed by atoms with E-state index in [1.807, 2.05) is 0 Å². The van der Waals surface area contributed by atoms with Crippen LogP contribution < -0.4 is 0 Å². The molecule has 9 rings (SSSR count). The molecule has 1 heterocycles. The van der Waals surface area contributed by atoms with Crippen LogP contribution in [0.15, 0.2) is 151 Å². The third kappa shape index (κ3) is 3.21. The lowest BCUT2D eigenvalue weighted by Gasteiger charge is -2.28. The molecule has 1 aliphatic carbocycles. The highest BCUT2D eigenvalue weighted by Gasteiger charge is 2.36. The number of fused-ring (bicyclic) bond motifs is 10. The highest BCUT2D eigenvalue weighted by atomic mass is 14.8. The Bertz CT molecular complexity index is 2150. The summed E-state index contributed by atoms with van der Waals surface area (Å²) in [6, 6.07) is 53.1. The van der Waals surface area contributed by atoms with Gasteiger partial charge in [0.2, 0.25) is 0 Å². The van der Waals surface area contributed by atoms with Gasteiger partial charge in [-0.3, -0.25) is 4.99 Å². The molecule has 0 bridgehead atoms. The van der Waals surface area contributed by atoms with E-state index in [0.717, 1.165) is 5.69 Å². The number of hydrogen-bond acceptors (Lipinski definition) is 1. The average Bonchev–Trinajstić information content (AvgIpc) is 3.44. The van der Waals surface area contributed by atoms with Crippen LogP contribution in [0.3, 0.4) is 0 Å². The van der Waals surface area contributed by atoms with Crippen molar-refractivity contribution in [2.75, 3.05) is 0 Å². The van der Waals surface area contributed by atoms with E-state index in [1.54, 1.807) is 0 Å². The molecule has 0 aromatic heterocycles. The molecule has 0 amide bonds. The van der Waals surface area contributed by atoms with E-state index in [-0.39, 0.29) is 5.92 Å². The molecular formula is C40H25N. The highest BCUT2D eigenvalue weighted by molar-refractivity contribution is 6.22. The second-order valence-corrected chi connectivity index (χ2v) is 11.0. The van der Waals surface area contributed by atoms with Gasteiger partial charge in [-0.25, -0.2) is 0 Å². The topological polar surface area (TPSA) is 12.4 Å². The molecule has 0 N–H and O–H groups in total. The van der Waals surface area contributed by atoms with Crippen LogP contribution in [0.25, 0.3) is 54.9 Å². The average molecular weight is 520 g/mol. The van der Waals surface area contributed by atoms with Gasteiger partial charge in [0.05, 0.1) is 17.3 Å². The van der Waals surface area contributed by atoms with Crippen LogP contribution in [0.4, 0.5) is 5.69 Å². The summed E-state index contributed by atoms with van der Waals surface area (Å²) < 4.78 is 0. The van der Waals surface area contributed by atoms with E-state index in [2.05, 4.69) is 146 Å². The molecule has 41 heavy (non-hydrogen) atoms. The van der Waals surface area contributed by atoms with Crippen molar-refractivity contribution in [3.05, 3.63) is 162 Å². The van der Waals surface area contributed by atoms with Crippen LogP contribution in [-0.4, -0.2) is 5.71 Å². The maximum atomic E-state index is 5.18. The van der Waals surface area contributed by atoms with Crippen LogP contribution in [-0.2, 0) is 0 Å². The Balaban J connectivity index is 1.37. The van der Waals surface area contributed by atoms with E-state index in [1.165, 1.54) is 77.3 Å². The van der Waals surface area contributed by atoms with E-state index in [0.29, 0.717) is 0 Å². The molecule has 1 nitrogen and oxygen atoms in total. The van der Waals surface area contributed by atoms with E-state index >= 15 is 0 Å². The fourth-order valence-electron chi connectivity index (χ4n) is 7.20. The van der Waals surface area contributed by atoms with E-state index in [4.69, 9.17) is 4.99 Å². The van der Waals surface area contributed by atoms with Crippen molar-refractivity contribution in [2.45, 2.75) is 5.92 Å². The predicted molar refractivity (Wildman–Crippen MR) is 172 cm³/mol. The Morgan fingerprint density at radius 1 is 0.390 bits per heavy atom. The summed E-state index contributed by atoms with van der Waals surface area (Å²) in [7, 11) is 0. The third-order valence-electron chi connectivity index (χ3n) is 8.90. The minimum Gasteiger partial charge on any atom is -0.251 e. The smallest absolute Gasteiger partial charge is 0.0675 e. The first-order valence-corrected chi connectivity index (χ1v) is 14.3. The van der Waals surface area contributed by atoms with Gasteiger partial charge in [0.1, 0.15) is 0 Å². The molecule has 0 saturated heterocycles. The first-order chi connectivity index (χ1) is 20.4. The highest BCUT2D eigenvalue weighted by Crippen LogP contribution is 2.51. The molecule has 1 aliphatic heterocycles. The van der Waals surface area contributed by atoms with Gasteiger partial charge in [-0.15, -0.1) is 0 Å². The van der Waals surface area contributed by atoms with Crippen molar-refractivity contribution in [1.82, 2.24) is 0 Å². The Hall–Kier alpha value is -5.27. The van der Waals surface area contributed by atoms with Crippen molar-refractivity contribution >= 4 is 32.9 Å². The second kappa shape index (κ2) is 8.61. The van der Waals surface area contributed by atoms with E-state index < -0.39 is 0 Å². The standard InChI is InChI=1S/C40H25N/c1-2-12-25(13-3-1)37-29-15-5-7-17-31(29)38(32-18-8-6-16-30(32)37)26-22-23-28-27-14-4-9-19-33(27)40-39(35(28)24-26)34-20-10-11-21-36(34)41-40/h1-24,39H. The first-order valence-electron chi connectivity index (χ1n) is 14.3. The van der Waals surface area contributed by atoms with Gasteiger partial charge in [-0.2, -0.15) is 0 Å². The van der Waals surface area contributed by atoms with Gasteiger partial charge in [0.25, 0.3) is 0 Å². The quantitative estimate of drug-likeness (QED) is 0.201. The SMILES string of the molecule is c1ccc(-c2c3ccccc3c(-c3ccc4c(c3)C3C(=Nc5ccccc53)c3ccccc3-4)c3ccccc23)cc1. The molecule has 1 unspecified atom stereocenters. The summed E-state index contributed by atoms with van der Waals surface area (Å²) in [6.45, 7) is 0. The molecule has 0 fully saturated rings. The number of para-hydroxylation sites is 1. The lowest BCUT2D eigenvalue weighted by Crippen LogP contribution is -2.18. The number of hydrogen-bond donors (Lipinski definition) is 0. The molecular weight excluding hydrogens is 494 g/mol. The maximum absolute atomic E-state index is 5.18. The summed E-state index contributed by atoms with van der Waals surface area (Å²) in [5, 5.41) is 5.12. The number of rotatable bonds is 2. The Morgan fingerprint density at radius 2 is 0.951 bits per heavy atom. The van der Waals surface area contributed by atoms with Crippen molar-refractivity contribution in [3.8, 4) is 33.4 Å². The molecule has 2 aliphatic rings. The molecule has 0 spiro atoms. The Labute approximate surface area is 239 Å². The monoisotopic (exact) mass is 519 g/mol. The molecule has 1 heteroatoms. The Morgan fingerprint density at radius 3 is 1.66 bits per heavy atom. The normalized spacial score (nSPS) is 14.7. The lowest BCUT2D eigenvalue weighted by molar-refractivity contribution is 1.10. The summed E-state index contributed by atoms with van der Waals surface area (Å²) in [6.07, 6.45) is 0. The molecule has 190 valence electrons. The zero-order valence-electron chi connectivity index (χ0n) is 22.4. The first kappa shape index (κ1) is 22.5. The fraction of sp³-hybridized carbons (Fsp3) is 0.0250. The largest absolute Gasteiger partial charge is 0.251 e. The lowest BCUT2D eigenvalue weighted by atomic mass is 9.74. The van der Waals surface area contributed by atoms with Gasteiger partial charge in [0, 0.05) is 5.56 Å². The van der Waals surface area contributed by atoms with E-state index in [9.17, 15) is 0 Å². The van der Waals surface area contributed by atoms with Gasteiger partial charge in [-0.05, 0) is 78.2 Å². The van der Waals surface area contributed by atoms with Crippen molar-refractivity contribution in [1.29, 1.82) is 0 Å². The van der Waals surface area contributed by atoms with Crippen LogP contribution in [0.1, 0.15) is 22.6 Å². The maximum Gasteiger partial charge on any atom is 0.0675 e. The molecule has 1 atom stereocenters. The second-order valence-electron chi connectivity index (χ2n) is 11.0. The zero-order chi connectivity index (χ0) is 26.9. The van der Waals surface area contributed by atoms with Crippen LogP contribution in [0.2, 0.25) is 0 Å². The number of aliphatic imine (C=N–C) groups is 1. The van der Waals surface area contributed by atoms with Gasteiger partial charge in [-0.1, -0.05) is 133 Å². The van der Waals surface area contributed by atoms with Crippen molar-refractivity contribution in [3.63, 3.8) is 0 Å². The summed E-state index contributed by atoms with van der Waals surface area (Å²) in [5.41, 5.74) is 13.8. The fourth-order valence-corrected chi connectivity index (χ4v) is 7.20. The molecule has 7 aromatic carbocycles.